The molecule has 2 heterocycles. The van der Waals surface area contributed by atoms with Crippen molar-refractivity contribution in [1.29, 1.82) is 0 Å². The van der Waals surface area contributed by atoms with Crippen molar-refractivity contribution in [3.8, 4) is 5.88 Å². The van der Waals surface area contributed by atoms with Gasteiger partial charge in [-0.2, -0.15) is 9.97 Å². The highest BCUT2D eigenvalue weighted by Gasteiger charge is 2.08. The van der Waals surface area contributed by atoms with Crippen LogP contribution in [0.25, 0.3) is 10.9 Å². The summed E-state index contributed by atoms with van der Waals surface area (Å²) in [5.41, 5.74) is 7.17. The number of pyridine rings is 1. The Morgan fingerprint density at radius 3 is 2.90 bits per heavy atom. The summed E-state index contributed by atoms with van der Waals surface area (Å²) in [7, 11) is 1.52. The van der Waals surface area contributed by atoms with Crippen molar-refractivity contribution in [2.45, 2.75) is 0 Å². The van der Waals surface area contributed by atoms with Crippen LogP contribution >= 0.6 is 11.6 Å². The summed E-state index contributed by atoms with van der Waals surface area (Å²) < 4.78 is 5.07. The summed E-state index contributed by atoms with van der Waals surface area (Å²) in [6, 6.07) is 9.03. The molecule has 6 nitrogen and oxygen atoms in total. The van der Waals surface area contributed by atoms with Gasteiger partial charge in [0.2, 0.25) is 11.8 Å². The Morgan fingerprint density at radius 2 is 2.10 bits per heavy atom. The molecule has 0 aliphatic carbocycles. The highest BCUT2D eigenvalue weighted by molar-refractivity contribution is 6.35. The number of nitrogens with one attached hydrogen (secondary N) is 1. The quantitative estimate of drug-likeness (QED) is 0.773. The van der Waals surface area contributed by atoms with Crippen LogP contribution in [0.15, 0.2) is 36.5 Å². The Hall–Kier alpha value is -2.60. The fourth-order valence-corrected chi connectivity index (χ4v) is 2.20. The van der Waals surface area contributed by atoms with Crippen LogP contribution in [0.2, 0.25) is 5.02 Å². The summed E-state index contributed by atoms with van der Waals surface area (Å²) in [5.74, 6) is 1.04. The SMILES string of the molecule is COc1cc(Nc2ccc(Cl)c3cccnc23)nc(N)n1. The van der Waals surface area contributed by atoms with E-state index in [2.05, 4.69) is 20.3 Å². The van der Waals surface area contributed by atoms with E-state index in [-0.39, 0.29) is 5.95 Å². The first-order chi connectivity index (χ1) is 10.2. The van der Waals surface area contributed by atoms with E-state index < -0.39 is 0 Å². The first-order valence-corrected chi connectivity index (χ1v) is 6.54. The molecule has 0 aliphatic rings. The van der Waals surface area contributed by atoms with Gasteiger partial charge in [0.25, 0.3) is 0 Å². The lowest BCUT2D eigenvalue weighted by Gasteiger charge is -2.10. The minimum atomic E-state index is 0.128. The third-order valence-electron chi connectivity index (χ3n) is 2.91. The molecule has 0 amide bonds. The monoisotopic (exact) mass is 301 g/mol. The van der Waals surface area contributed by atoms with Crippen molar-refractivity contribution >= 4 is 40.0 Å². The van der Waals surface area contributed by atoms with Gasteiger partial charge in [-0.1, -0.05) is 11.6 Å². The second kappa shape index (κ2) is 5.41. The maximum Gasteiger partial charge on any atom is 0.225 e. The molecule has 0 radical (unpaired) electrons. The number of hydrogen-bond donors (Lipinski definition) is 2. The van der Waals surface area contributed by atoms with Gasteiger partial charge in [0, 0.05) is 17.6 Å². The number of ether oxygens (including phenoxy) is 1. The van der Waals surface area contributed by atoms with Crippen LogP contribution in [0.1, 0.15) is 0 Å². The fraction of sp³-hybridized carbons (Fsp3) is 0.0714. The van der Waals surface area contributed by atoms with Crippen LogP contribution in [0.3, 0.4) is 0 Å². The largest absolute Gasteiger partial charge is 0.481 e. The maximum atomic E-state index is 6.17. The van der Waals surface area contributed by atoms with E-state index in [0.717, 1.165) is 16.6 Å². The number of nitrogens with zero attached hydrogens (tertiary/aromatic N) is 3. The highest BCUT2D eigenvalue weighted by atomic mass is 35.5. The van der Waals surface area contributed by atoms with Gasteiger partial charge in [-0.25, -0.2) is 0 Å². The molecule has 106 valence electrons. The van der Waals surface area contributed by atoms with Gasteiger partial charge in [-0.15, -0.1) is 0 Å². The van der Waals surface area contributed by atoms with Crippen LogP contribution in [0.5, 0.6) is 5.88 Å². The van der Waals surface area contributed by atoms with Crippen molar-refractivity contribution in [3.05, 3.63) is 41.6 Å². The smallest absolute Gasteiger partial charge is 0.225 e. The minimum Gasteiger partial charge on any atom is -0.481 e. The highest BCUT2D eigenvalue weighted by Crippen LogP contribution is 2.30. The van der Waals surface area contributed by atoms with Gasteiger partial charge in [0.05, 0.1) is 23.3 Å². The van der Waals surface area contributed by atoms with Gasteiger partial charge in [-0.3, -0.25) is 4.98 Å². The Bertz CT molecular complexity index is 808. The summed E-state index contributed by atoms with van der Waals surface area (Å²) in [4.78, 5) is 12.4. The van der Waals surface area contributed by atoms with Crippen molar-refractivity contribution in [3.63, 3.8) is 0 Å². The molecule has 2 aromatic heterocycles. The van der Waals surface area contributed by atoms with Crippen LogP contribution < -0.4 is 15.8 Å². The van der Waals surface area contributed by atoms with Gasteiger partial charge < -0.3 is 15.8 Å². The topological polar surface area (TPSA) is 86.0 Å². The van der Waals surface area contributed by atoms with E-state index in [9.17, 15) is 0 Å². The van der Waals surface area contributed by atoms with E-state index in [1.807, 2.05) is 18.2 Å². The van der Waals surface area contributed by atoms with E-state index in [0.29, 0.717) is 16.7 Å². The lowest BCUT2D eigenvalue weighted by atomic mass is 10.2. The van der Waals surface area contributed by atoms with Crippen LogP contribution in [0, 0.1) is 0 Å². The predicted octanol–water partition coefficient (Wildman–Crippen LogP) is 3.01. The Labute approximate surface area is 126 Å². The van der Waals surface area contributed by atoms with Crippen LogP contribution in [-0.4, -0.2) is 22.1 Å². The Balaban J connectivity index is 2.06. The van der Waals surface area contributed by atoms with Crippen molar-refractivity contribution in [1.82, 2.24) is 15.0 Å². The average molecular weight is 302 g/mol. The molecule has 3 N–H and O–H groups in total. The molecule has 0 spiro atoms. The van der Waals surface area contributed by atoms with Crippen LogP contribution in [-0.2, 0) is 0 Å². The van der Waals surface area contributed by atoms with E-state index in [1.54, 1.807) is 18.3 Å². The number of benzene rings is 1. The normalized spacial score (nSPS) is 10.6. The molecule has 3 aromatic rings. The standard InChI is InChI=1S/C14H12ClN5O/c1-21-12-7-11(19-14(16)20-12)18-10-5-4-9(15)8-3-2-6-17-13(8)10/h2-7H,1H3,(H3,16,18,19,20). The molecular formula is C14H12ClN5O. The third kappa shape index (κ3) is 2.66. The summed E-state index contributed by atoms with van der Waals surface area (Å²) in [6.45, 7) is 0. The molecule has 7 heteroatoms. The average Bonchev–Trinajstić information content (AvgIpc) is 2.50. The number of rotatable bonds is 3. The summed E-state index contributed by atoms with van der Waals surface area (Å²) in [6.07, 6.45) is 1.71. The Kier molecular flexibility index (Phi) is 3.45. The molecule has 0 saturated carbocycles. The second-order valence-electron chi connectivity index (χ2n) is 4.27. The third-order valence-corrected chi connectivity index (χ3v) is 3.24. The minimum absolute atomic E-state index is 0.128. The van der Waals surface area contributed by atoms with Gasteiger partial charge in [0.1, 0.15) is 5.82 Å². The number of anilines is 3. The summed E-state index contributed by atoms with van der Waals surface area (Å²) in [5, 5.41) is 4.66. The van der Waals surface area contributed by atoms with Gasteiger partial charge in [0.15, 0.2) is 0 Å². The molecule has 0 aliphatic heterocycles. The molecule has 3 rings (SSSR count). The fourth-order valence-electron chi connectivity index (χ4n) is 1.99. The van der Waals surface area contributed by atoms with Crippen molar-refractivity contribution in [2.75, 3.05) is 18.2 Å². The number of methoxy groups -OCH3 is 1. The summed E-state index contributed by atoms with van der Waals surface area (Å²) >= 11 is 6.17. The molecule has 0 unspecified atom stereocenters. The Morgan fingerprint density at radius 1 is 1.24 bits per heavy atom. The number of nitrogens with two attached hydrogens (primary N) is 1. The van der Waals surface area contributed by atoms with Crippen LogP contribution in [0.4, 0.5) is 17.5 Å². The van der Waals surface area contributed by atoms with E-state index in [1.165, 1.54) is 7.11 Å². The lowest BCUT2D eigenvalue weighted by molar-refractivity contribution is 0.398. The molecule has 0 bridgehead atoms. The number of aromatic nitrogens is 3. The molecule has 21 heavy (non-hydrogen) atoms. The molecule has 0 saturated heterocycles. The molecule has 0 fully saturated rings. The van der Waals surface area contributed by atoms with Crippen molar-refractivity contribution < 1.29 is 4.74 Å². The molecular weight excluding hydrogens is 290 g/mol. The van der Waals surface area contributed by atoms with E-state index in [4.69, 9.17) is 22.1 Å². The molecule has 0 atom stereocenters. The maximum absolute atomic E-state index is 6.17. The zero-order valence-electron chi connectivity index (χ0n) is 11.2. The number of fused-ring (bicyclic) bond motifs is 1. The zero-order valence-corrected chi connectivity index (χ0v) is 11.9. The van der Waals surface area contributed by atoms with Crippen molar-refractivity contribution in [2.24, 2.45) is 0 Å². The predicted molar refractivity (Wildman–Crippen MR) is 83.0 cm³/mol. The van der Waals surface area contributed by atoms with Gasteiger partial charge in [-0.05, 0) is 24.3 Å². The number of halogens is 1. The van der Waals surface area contributed by atoms with Gasteiger partial charge >= 0.3 is 0 Å². The first kappa shape index (κ1) is 13.4. The number of hydrogen-bond acceptors (Lipinski definition) is 6. The molecule has 1 aromatic carbocycles. The zero-order chi connectivity index (χ0) is 14.8. The first-order valence-electron chi connectivity index (χ1n) is 6.16. The number of nitrogen functional groups attached to an aromatic ring is 1. The lowest BCUT2D eigenvalue weighted by Crippen LogP contribution is -2.02. The second-order valence-corrected chi connectivity index (χ2v) is 4.68. The van der Waals surface area contributed by atoms with E-state index >= 15 is 0 Å².